The molecule has 0 unspecified atom stereocenters. The molecule has 136 valence electrons. The van der Waals surface area contributed by atoms with Crippen LogP contribution in [0.25, 0.3) is 0 Å². The van der Waals surface area contributed by atoms with E-state index in [0.717, 1.165) is 5.56 Å². The van der Waals surface area contributed by atoms with Crippen molar-refractivity contribution in [2.75, 3.05) is 5.32 Å². The van der Waals surface area contributed by atoms with E-state index in [0.29, 0.717) is 28.8 Å². The van der Waals surface area contributed by atoms with Crippen molar-refractivity contribution in [2.24, 2.45) is 0 Å². The smallest absolute Gasteiger partial charge is 0.303 e. The molecular weight excluding hydrogens is 336 g/mol. The van der Waals surface area contributed by atoms with Crippen molar-refractivity contribution in [3.8, 4) is 0 Å². The van der Waals surface area contributed by atoms with Crippen LogP contribution >= 0.6 is 0 Å². The zero-order chi connectivity index (χ0) is 19.4. The van der Waals surface area contributed by atoms with Gasteiger partial charge < -0.3 is 10.4 Å². The lowest BCUT2D eigenvalue weighted by atomic mass is 9.96. The number of amides is 1. The normalized spacial score (nSPS) is 10.4. The number of nitro groups is 1. The van der Waals surface area contributed by atoms with Gasteiger partial charge in [-0.3, -0.25) is 19.7 Å². The van der Waals surface area contributed by atoms with E-state index in [9.17, 15) is 19.7 Å². The van der Waals surface area contributed by atoms with Gasteiger partial charge in [-0.05, 0) is 56.5 Å². The van der Waals surface area contributed by atoms with Gasteiger partial charge in [-0.25, -0.2) is 0 Å². The Labute approximate surface area is 150 Å². The van der Waals surface area contributed by atoms with Crippen LogP contribution in [-0.2, 0) is 11.2 Å². The fourth-order valence-electron chi connectivity index (χ4n) is 3.01. The predicted molar refractivity (Wildman–Crippen MR) is 97.7 cm³/mol. The number of carbonyl (C=O) groups excluding carboxylic acids is 1. The van der Waals surface area contributed by atoms with Crippen LogP contribution < -0.4 is 5.32 Å². The molecule has 2 rings (SSSR count). The Bertz CT molecular complexity index is 872. The summed E-state index contributed by atoms with van der Waals surface area (Å²) in [4.78, 5) is 34.0. The third-order valence-electron chi connectivity index (χ3n) is 4.18. The molecule has 0 heterocycles. The molecule has 0 aliphatic heterocycles. The number of aliphatic carboxylic acids is 1. The number of benzene rings is 2. The SMILES string of the molecule is Cc1cc(C)c([N+](=O)[O-])c(C)c1C(=O)Nc1ccc(CCC(=O)O)cc1. The van der Waals surface area contributed by atoms with E-state index >= 15 is 0 Å². The maximum Gasteiger partial charge on any atom is 0.303 e. The topological polar surface area (TPSA) is 110 Å². The van der Waals surface area contributed by atoms with Crippen LogP contribution in [0.2, 0.25) is 0 Å². The van der Waals surface area contributed by atoms with E-state index in [-0.39, 0.29) is 17.7 Å². The van der Waals surface area contributed by atoms with Crippen LogP contribution in [0.5, 0.6) is 0 Å². The van der Waals surface area contributed by atoms with Gasteiger partial charge in [0.15, 0.2) is 0 Å². The van der Waals surface area contributed by atoms with Crippen molar-refractivity contribution in [1.29, 1.82) is 0 Å². The van der Waals surface area contributed by atoms with E-state index in [1.807, 2.05) is 0 Å². The first-order valence-electron chi connectivity index (χ1n) is 8.08. The fraction of sp³-hybridized carbons (Fsp3) is 0.263. The standard InChI is InChI=1S/C19H20N2O5/c1-11-10-12(2)18(21(25)26)13(3)17(11)19(24)20-15-7-4-14(5-8-15)6-9-16(22)23/h4-5,7-8,10H,6,9H2,1-3H3,(H,20,24)(H,22,23). The molecule has 0 aromatic heterocycles. The van der Waals surface area contributed by atoms with Crippen LogP contribution in [0.1, 0.15) is 39.0 Å². The molecule has 1 amide bonds. The Hall–Kier alpha value is -3.22. The van der Waals surface area contributed by atoms with Crippen molar-refractivity contribution >= 4 is 23.3 Å². The zero-order valence-electron chi connectivity index (χ0n) is 14.8. The Kier molecular flexibility index (Phi) is 5.71. The van der Waals surface area contributed by atoms with Gasteiger partial charge >= 0.3 is 5.97 Å². The van der Waals surface area contributed by atoms with Crippen LogP contribution in [0.3, 0.4) is 0 Å². The summed E-state index contributed by atoms with van der Waals surface area (Å²) in [5.41, 5.74) is 3.15. The number of carboxylic acid groups (broad SMARTS) is 1. The quantitative estimate of drug-likeness (QED) is 0.604. The van der Waals surface area contributed by atoms with Crippen molar-refractivity contribution in [1.82, 2.24) is 0 Å². The second-order valence-electron chi connectivity index (χ2n) is 6.16. The van der Waals surface area contributed by atoms with Crippen LogP contribution in [-0.4, -0.2) is 21.9 Å². The Morgan fingerprint density at radius 1 is 1.12 bits per heavy atom. The molecule has 2 aromatic carbocycles. The summed E-state index contributed by atoms with van der Waals surface area (Å²) in [6.07, 6.45) is 0.447. The molecule has 0 saturated carbocycles. The maximum absolute atomic E-state index is 12.6. The highest BCUT2D eigenvalue weighted by molar-refractivity contribution is 6.07. The number of nitro benzene ring substituents is 1. The molecule has 2 aromatic rings. The first kappa shape index (κ1) is 19.1. The highest BCUT2D eigenvalue weighted by Gasteiger charge is 2.23. The molecule has 0 aliphatic rings. The molecule has 0 radical (unpaired) electrons. The van der Waals surface area contributed by atoms with Crippen LogP contribution in [0, 0.1) is 30.9 Å². The molecule has 0 saturated heterocycles. The fourth-order valence-corrected chi connectivity index (χ4v) is 3.01. The van der Waals surface area contributed by atoms with Gasteiger partial charge in [0.2, 0.25) is 0 Å². The minimum absolute atomic E-state index is 0.0388. The molecule has 0 spiro atoms. The van der Waals surface area contributed by atoms with Gasteiger partial charge in [0.1, 0.15) is 0 Å². The van der Waals surface area contributed by atoms with E-state index in [4.69, 9.17) is 5.11 Å². The highest BCUT2D eigenvalue weighted by atomic mass is 16.6. The summed E-state index contributed by atoms with van der Waals surface area (Å²) in [5.74, 6) is -1.28. The molecule has 7 heteroatoms. The number of nitrogens with one attached hydrogen (secondary N) is 1. The lowest BCUT2D eigenvalue weighted by molar-refractivity contribution is -0.386. The average molecular weight is 356 g/mol. The summed E-state index contributed by atoms with van der Waals surface area (Å²) in [5, 5.41) is 22.7. The molecule has 0 atom stereocenters. The second kappa shape index (κ2) is 7.77. The zero-order valence-corrected chi connectivity index (χ0v) is 14.8. The second-order valence-corrected chi connectivity index (χ2v) is 6.16. The first-order chi connectivity index (χ1) is 12.2. The Morgan fingerprint density at radius 3 is 2.27 bits per heavy atom. The number of nitrogens with zero attached hydrogens (tertiary/aromatic N) is 1. The summed E-state index contributed by atoms with van der Waals surface area (Å²) in [7, 11) is 0. The summed E-state index contributed by atoms with van der Waals surface area (Å²) in [6, 6.07) is 8.49. The largest absolute Gasteiger partial charge is 0.481 e. The van der Waals surface area contributed by atoms with Gasteiger partial charge in [-0.2, -0.15) is 0 Å². The number of carbonyl (C=O) groups is 2. The summed E-state index contributed by atoms with van der Waals surface area (Å²) < 4.78 is 0. The van der Waals surface area contributed by atoms with Crippen molar-refractivity contribution in [2.45, 2.75) is 33.6 Å². The highest BCUT2D eigenvalue weighted by Crippen LogP contribution is 2.29. The van der Waals surface area contributed by atoms with E-state index < -0.39 is 16.8 Å². The van der Waals surface area contributed by atoms with Crippen LogP contribution in [0.4, 0.5) is 11.4 Å². The molecular formula is C19H20N2O5. The Balaban J connectivity index is 2.24. The van der Waals surface area contributed by atoms with Crippen molar-refractivity contribution < 1.29 is 19.6 Å². The maximum atomic E-state index is 12.6. The van der Waals surface area contributed by atoms with Gasteiger partial charge in [-0.1, -0.05) is 12.1 Å². The number of hydrogen-bond acceptors (Lipinski definition) is 4. The third kappa shape index (κ3) is 4.24. The van der Waals surface area contributed by atoms with Gasteiger partial charge in [0, 0.05) is 23.2 Å². The number of rotatable bonds is 6. The molecule has 2 N–H and O–H groups in total. The van der Waals surface area contributed by atoms with Crippen LogP contribution in [0.15, 0.2) is 30.3 Å². The average Bonchev–Trinajstić information content (AvgIpc) is 2.53. The molecule has 7 nitrogen and oxygen atoms in total. The van der Waals surface area contributed by atoms with Crippen molar-refractivity contribution in [3.63, 3.8) is 0 Å². The summed E-state index contributed by atoms with van der Waals surface area (Å²) in [6.45, 7) is 4.96. The number of anilines is 1. The minimum atomic E-state index is -0.866. The van der Waals surface area contributed by atoms with Gasteiger partial charge in [0.05, 0.1) is 10.5 Å². The third-order valence-corrected chi connectivity index (χ3v) is 4.18. The first-order valence-corrected chi connectivity index (χ1v) is 8.08. The van der Waals surface area contributed by atoms with Gasteiger partial charge in [-0.15, -0.1) is 0 Å². The van der Waals surface area contributed by atoms with Gasteiger partial charge in [0.25, 0.3) is 11.6 Å². The van der Waals surface area contributed by atoms with Crippen molar-refractivity contribution in [3.05, 3.63) is 68.3 Å². The molecule has 0 bridgehead atoms. The number of hydrogen-bond donors (Lipinski definition) is 2. The number of aryl methyl sites for hydroxylation is 3. The predicted octanol–water partition coefficient (Wildman–Crippen LogP) is 3.79. The number of carboxylic acids is 1. The molecule has 26 heavy (non-hydrogen) atoms. The monoisotopic (exact) mass is 356 g/mol. The molecule has 0 fully saturated rings. The summed E-state index contributed by atoms with van der Waals surface area (Å²) >= 11 is 0. The lowest BCUT2D eigenvalue weighted by Gasteiger charge is -2.13. The minimum Gasteiger partial charge on any atom is -0.481 e. The van der Waals surface area contributed by atoms with E-state index in [2.05, 4.69) is 5.32 Å². The lowest BCUT2D eigenvalue weighted by Crippen LogP contribution is -2.16. The molecule has 0 aliphatic carbocycles. The van der Waals surface area contributed by atoms with E-state index in [1.54, 1.807) is 51.1 Å². The van der Waals surface area contributed by atoms with E-state index in [1.165, 1.54) is 0 Å². The Morgan fingerprint density at radius 2 is 1.73 bits per heavy atom.